The smallest absolute Gasteiger partial charge is 0.0452 e. The molecule has 0 saturated heterocycles. The minimum Gasteiger partial charge on any atom is -0.324 e. The molecule has 0 spiro atoms. The monoisotopic (exact) mass is 251 g/mol. The average Bonchev–Trinajstić information content (AvgIpc) is 2.81. The Morgan fingerprint density at radius 1 is 0.947 bits per heavy atom. The lowest BCUT2D eigenvalue weighted by Gasteiger charge is -2.56. The zero-order valence-electron chi connectivity index (χ0n) is 11.4. The molecule has 0 atom stereocenters. The number of hydrogen-bond donors (Lipinski definition) is 0. The second kappa shape index (κ2) is 3.45. The van der Waals surface area contributed by atoms with E-state index in [-0.39, 0.29) is 0 Å². The summed E-state index contributed by atoms with van der Waals surface area (Å²) in [6.45, 7) is 0. The van der Waals surface area contributed by atoms with Gasteiger partial charge in [0.2, 0.25) is 0 Å². The van der Waals surface area contributed by atoms with E-state index in [1.807, 2.05) is 0 Å². The van der Waals surface area contributed by atoms with Crippen LogP contribution in [0.25, 0.3) is 5.52 Å². The third-order valence-electron chi connectivity index (χ3n) is 6.16. The first kappa shape index (κ1) is 10.5. The van der Waals surface area contributed by atoms with E-state index in [4.69, 9.17) is 0 Å². The highest BCUT2D eigenvalue weighted by Crippen LogP contribution is 2.60. The molecule has 2 heterocycles. The van der Waals surface area contributed by atoms with Crippen molar-refractivity contribution in [3.05, 3.63) is 42.2 Å². The Bertz CT molecular complexity index is 568. The second-order valence-corrected chi connectivity index (χ2v) is 7.46. The van der Waals surface area contributed by atoms with Gasteiger partial charge < -0.3 is 4.40 Å². The van der Waals surface area contributed by atoms with Gasteiger partial charge in [0.25, 0.3) is 0 Å². The molecule has 1 nitrogen and oxygen atoms in total. The first-order valence-corrected chi connectivity index (χ1v) is 7.88. The molecule has 2 aromatic heterocycles. The molecule has 1 heteroatoms. The molecule has 19 heavy (non-hydrogen) atoms. The Balaban J connectivity index is 1.64. The summed E-state index contributed by atoms with van der Waals surface area (Å²) >= 11 is 0. The third kappa shape index (κ3) is 1.42. The van der Waals surface area contributed by atoms with Crippen LogP contribution in [0, 0.1) is 17.8 Å². The minimum atomic E-state index is 0.542. The van der Waals surface area contributed by atoms with E-state index in [0.29, 0.717) is 5.41 Å². The van der Waals surface area contributed by atoms with Gasteiger partial charge in [-0.2, -0.15) is 0 Å². The molecule has 4 aliphatic rings. The van der Waals surface area contributed by atoms with E-state index in [1.54, 1.807) is 5.56 Å². The van der Waals surface area contributed by atoms with Crippen LogP contribution in [-0.4, -0.2) is 4.40 Å². The third-order valence-corrected chi connectivity index (χ3v) is 6.16. The van der Waals surface area contributed by atoms with Gasteiger partial charge in [0, 0.05) is 17.9 Å². The van der Waals surface area contributed by atoms with Crippen molar-refractivity contribution >= 4 is 5.52 Å². The summed E-state index contributed by atoms with van der Waals surface area (Å²) in [6.07, 6.45) is 13.6. The molecule has 4 aliphatic carbocycles. The van der Waals surface area contributed by atoms with Gasteiger partial charge in [-0.1, -0.05) is 6.07 Å². The predicted octanol–water partition coefficient (Wildman–Crippen LogP) is 4.41. The quantitative estimate of drug-likeness (QED) is 0.707. The molecule has 0 unspecified atom stereocenters. The molecule has 0 amide bonds. The van der Waals surface area contributed by atoms with E-state index >= 15 is 0 Å². The number of aromatic nitrogens is 1. The van der Waals surface area contributed by atoms with Gasteiger partial charge in [-0.3, -0.25) is 0 Å². The predicted molar refractivity (Wildman–Crippen MR) is 77.2 cm³/mol. The lowest BCUT2D eigenvalue weighted by molar-refractivity contribution is -0.00513. The van der Waals surface area contributed by atoms with Crippen molar-refractivity contribution in [3.8, 4) is 0 Å². The maximum absolute atomic E-state index is 2.47. The Labute approximate surface area is 114 Å². The topological polar surface area (TPSA) is 4.41 Å². The maximum atomic E-state index is 2.47. The van der Waals surface area contributed by atoms with Crippen LogP contribution < -0.4 is 0 Å². The van der Waals surface area contributed by atoms with Gasteiger partial charge >= 0.3 is 0 Å². The van der Waals surface area contributed by atoms with E-state index in [2.05, 4.69) is 41.1 Å². The lowest BCUT2D eigenvalue weighted by atomic mass is 9.48. The molecule has 0 aliphatic heterocycles. The van der Waals surface area contributed by atoms with Crippen molar-refractivity contribution < 1.29 is 0 Å². The van der Waals surface area contributed by atoms with Crippen LogP contribution in [0.3, 0.4) is 0 Å². The van der Waals surface area contributed by atoms with Crippen molar-refractivity contribution in [3.63, 3.8) is 0 Å². The van der Waals surface area contributed by atoms with Gasteiger partial charge in [-0.15, -0.1) is 0 Å². The molecule has 6 rings (SSSR count). The van der Waals surface area contributed by atoms with Gasteiger partial charge in [-0.25, -0.2) is 0 Å². The van der Waals surface area contributed by atoms with Crippen LogP contribution in [-0.2, 0) is 5.41 Å². The van der Waals surface area contributed by atoms with Crippen LogP contribution in [0.5, 0.6) is 0 Å². The Morgan fingerprint density at radius 2 is 1.63 bits per heavy atom. The van der Waals surface area contributed by atoms with Gasteiger partial charge in [0.1, 0.15) is 0 Å². The lowest BCUT2D eigenvalue weighted by Crippen LogP contribution is -2.48. The number of nitrogens with zero attached hydrogens (tertiary/aromatic N) is 1. The average molecular weight is 251 g/mol. The normalized spacial score (nSPS) is 40.1. The van der Waals surface area contributed by atoms with Crippen LogP contribution in [0.4, 0.5) is 0 Å². The zero-order valence-corrected chi connectivity index (χ0v) is 11.4. The molecule has 4 fully saturated rings. The largest absolute Gasteiger partial charge is 0.324 e. The molecule has 0 aromatic carbocycles. The van der Waals surface area contributed by atoms with Crippen molar-refractivity contribution in [1.82, 2.24) is 4.40 Å². The standard InChI is InChI=1S/C18H21N/c1-2-4-19-12-16(8-17(19)3-1)18-9-13-5-14(10-18)7-15(6-13)11-18/h1-4,8,12-15H,5-7,9-11H2. The zero-order chi connectivity index (χ0) is 12.4. The second-order valence-electron chi connectivity index (χ2n) is 7.46. The van der Waals surface area contributed by atoms with Gasteiger partial charge in [0.05, 0.1) is 0 Å². The molecular formula is C18H21N. The molecule has 98 valence electrons. The highest BCUT2D eigenvalue weighted by atomic mass is 14.9. The molecule has 4 saturated carbocycles. The summed E-state index contributed by atoms with van der Waals surface area (Å²) in [6, 6.07) is 8.99. The molecule has 4 bridgehead atoms. The Hall–Kier alpha value is -1.24. The fraction of sp³-hybridized carbons (Fsp3) is 0.556. The van der Waals surface area contributed by atoms with E-state index in [9.17, 15) is 0 Å². The van der Waals surface area contributed by atoms with Crippen molar-refractivity contribution in [2.75, 3.05) is 0 Å². The van der Waals surface area contributed by atoms with Crippen LogP contribution in [0.2, 0.25) is 0 Å². The summed E-state index contributed by atoms with van der Waals surface area (Å²) in [5.74, 6) is 3.11. The number of pyridine rings is 1. The fourth-order valence-corrected chi connectivity index (χ4v) is 5.81. The minimum absolute atomic E-state index is 0.542. The summed E-state index contributed by atoms with van der Waals surface area (Å²) < 4.78 is 2.31. The summed E-state index contributed by atoms with van der Waals surface area (Å²) in [5.41, 5.74) is 3.55. The highest BCUT2D eigenvalue weighted by Gasteiger charge is 2.51. The molecule has 2 aromatic rings. The van der Waals surface area contributed by atoms with E-state index in [0.717, 1.165) is 17.8 Å². The van der Waals surface area contributed by atoms with Crippen LogP contribution in [0.15, 0.2) is 36.7 Å². The first-order valence-electron chi connectivity index (χ1n) is 7.88. The summed E-state index contributed by atoms with van der Waals surface area (Å²) in [7, 11) is 0. The van der Waals surface area contributed by atoms with Crippen molar-refractivity contribution in [2.24, 2.45) is 17.8 Å². The maximum Gasteiger partial charge on any atom is 0.0452 e. The van der Waals surface area contributed by atoms with Crippen LogP contribution in [0.1, 0.15) is 44.1 Å². The van der Waals surface area contributed by atoms with Crippen molar-refractivity contribution in [2.45, 2.75) is 43.9 Å². The van der Waals surface area contributed by atoms with Crippen molar-refractivity contribution in [1.29, 1.82) is 0 Å². The summed E-state index contributed by atoms with van der Waals surface area (Å²) in [4.78, 5) is 0. The number of rotatable bonds is 1. The van der Waals surface area contributed by atoms with E-state index < -0.39 is 0 Å². The summed E-state index contributed by atoms with van der Waals surface area (Å²) in [5, 5.41) is 0. The Kier molecular flexibility index (Phi) is 1.91. The first-order chi connectivity index (χ1) is 9.31. The SMILES string of the molecule is c1ccn2cc(C34CC5CC(CC(C5)C3)C4)cc2c1. The molecule has 0 radical (unpaired) electrons. The number of fused-ring (bicyclic) bond motifs is 1. The highest BCUT2D eigenvalue weighted by molar-refractivity contribution is 5.52. The fourth-order valence-electron chi connectivity index (χ4n) is 5.81. The molecule has 0 N–H and O–H groups in total. The van der Waals surface area contributed by atoms with E-state index in [1.165, 1.54) is 44.0 Å². The number of hydrogen-bond acceptors (Lipinski definition) is 0. The Morgan fingerprint density at radius 3 is 2.26 bits per heavy atom. The van der Waals surface area contributed by atoms with Gasteiger partial charge in [0.15, 0.2) is 0 Å². The molecular weight excluding hydrogens is 230 g/mol. The van der Waals surface area contributed by atoms with Gasteiger partial charge in [-0.05, 0) is 85.5 Å². The van der Waals surface area contributed by atoms with Crippen LogP contribution >= 0.6 is 0 Å².